The number of thiophene rings is 1. The minimum Gasteiger partial charge on any atom is -0.493 e. The summed E-state index contributed by atoms with van der Waals surface area (Å²) in [4.78, 5) is 0. The summed E-state index contributed by atoms with van der Waals surface area (Å²) >= 11 is 1.71. The second-order valence-electron chi connectivity index (χ2n) is 4.29. The number of ether oxygens (including phenoxy) is 1. The lowest BCUT2D eigenvalue weighted by molar-refractivity contribution is 0.288. The number of benzene rings is 1. The Morgan fingerprint density at radius 3 is 3.12 bits per heavy atom. The number of hydrogen-bond donors (Lipinski definition) is 1. The van der Waals surface area contributed by atoms with Gasteiger partial charge in [0, 0.05) is 6.54 Å². The van der Waals surface area contributed by atoms with Crippen LogP contribution in [-0.2, 0) is 13.0 Å². The first kappa shape index (κ1) is 10.8. The van der Waals surface area contributed by atoms with Gasteiger partial charge in [0.2, 0.25) is 0 Å². The molecular formula is C14H15NOS. The van der Waals surface area contributed by atoms with E-state index in [9.17, 15) is 0 Å². The molecule has 0 radical (unpaired) electrons. The molecule has 0 aliphatic carbocycles. The van der Waals surface area contributed by atoms with Crippen molar-refractivity contribution < 1.29 is 4.74 Å². The predicted molar refractivity (Wildman–Crippen MR) is 71.5 cm³/mol. The van der Waals surface area contributed by atoms with E-state index in [4.69, 9.17) is 10.5 Å². The van der Waals surface area contributed by atoms with Gasteiger partial charge >= 0.3 is 0 Å². The van der Waals surface area contributed by atoms with E-state index in [2.05, 4.69) is 29.0 Å². The molecule has 2 aromatic rings. The zero-order chi connectivity index (χ0) is 11.7. The third kappa shape index (κ3) is 1.96. The average Bonchev–Trinajstić information content (AvgIpc) is 2.86. The molecule has 2 N–H and O–H groups in total. The lowest BCUT2D eigenvalue weighted by atomic mass is 9.98. The summed E-state index contributed by atoms with van der Waals surface area (Å²) in [5, 5.41) is 4.30. The quantitative estimate of drug-likeness (QED) is 0.881. The molecule has 0 fully saturated rings. The van der Waals surface area contributed by atoms with Gasteiger partial charge in [0.25, 0.3) is 0 Å². The SMILES string of the molecule is NCc1cscc1-c1ccc2c(c1)CCCO2. The normalized spacial score (nSPS) is 14.2. The zero-order valence-electron chi connectivity index (χ0n) is 9.61. The topological polar surface area (TPSA) is 35.2 Å². The molecule has 0 saturated heterocycles. The van der Waals surface area contributed by atoms with Crippen LogP contribution >= 0.6 is 11.3 Å². The van der Waals surface area contributed by atoms with E-state index in [1.807, 2.05) is 0 Å². The molecule has 1 aliphatic rings. The number of fused-ring (bicyclic) bond motifs is 1. The predicted octanol–water partition coefficient (Wildman–Crippen LogP) is 3.20. The van der Waals surface area contributed by atoms with Crippen LogP contribution in [0.2, 0.25) is 0 Å². The Hall–Kier alpha value is -1.32. The van der Waals surface area contributed by atoms with Crippen molar-refractivity contribution >= 4 is 11.3 Å². The number of hydrogen-bond acceptors (Lipinski definition) is 3. The van der Waals surface area contributed by atoms with E-state index in [0.717, 1.165) is 25.2 Å². The smallest absolute Gasteiger partial charge is 0.122 e. The van der Waals surface area contributed by atoms with Crippen LogP contribution in [0.25, 0.3) is 11.1 Å². The van der Waals surface area contributed by atoms with Crippen LogP contribution in [0.3, 0.4) is 0 Å². The van der Waals surface area contributed by atoms with E-state index >= 15 is 0 Å². The Balaban J connectivity index is 2.04. The summed E-state index contributed by atoms with van der Waals surface area (Å²) in [6, 6.07) is 6.46. The third-order valence-electron chi connectivity index (χ3n) is 3.18. The first-order chi connectivity index (χ1) is 8.38. The Bertz CT molecular complexity index is 533. The number of nitrogens with two attached hydrogens (primary N) is 1. The van der Waals surface area contributed by atoms with E-state index < -0.39 is 0 Å². The number of aryl methyl sites for hydroxylation is 1. The average molecular weight is 245 g/mol. The summed E-state index contributed by atoms with van der Waals surface area (Å²) < 4.78 is 5.63. The molecule has 1 aromatic heterocycles. The van der Waals surface area contributed by atoms with Crippen LogP contribution in [0.1, 0.15) is 17.5 Å². The molecule has 88 valence electrons. The van der Waals surface area contributed by atoms with E-state index in [-0.39, 0.29) is 0 Å². The molecule has 3 heteroatoms. The minimum absolute atomic E-state index is 0.604. The molecule has 2 nitrogen and oxygen atoms in total. The molecule has 0 saturated carbocycles. The molecule has 17 heavy (non-hydrogen) atoms. The fourth-order valence-corrected chi connectivity index (χ4v) is 3.14. The number of rotatable bonds is 2. The Labute approximate surface area is 105 Å². The van der Waals surface area contributed by atoms with Gasteiger partial charge in [-0.05, 0) is 58.0 Å². The van der Waals surface area contributed by atoms with E-state index in [1.54, 1.807) is 11.3 Å². The van der Waals surface area contributed by atoms with E-state index in [0.29, 0.717) is 6.54 Å². The van der Waals surface area contributed by atoms with Crippen LogP contribution < -0.4 is 10.5 Å². The fraction of sp³-hybridized carbons (Fsp3) is 0.286. The standard InChI is InChI=1S/C14H15NOS/c15-7-12-8-17-9-13(12)10-3-4-14-11(6-10)2-1-5-16-14/h3-4,6,8-9H,1-2,5,7,15H2. The van der Waals surface area contributed by atoms with Crippen molar-refractivity contribution in [2.45, 2.75) is 19.4 Å². The minimum atomic E-state index is 0.604. The van der Waals surface area contributed by atoms with Crippen LogP contribution in [0.5, 0.6) is 5.75 Å². The first-order valence-electron chi connectivity index (χ1n) is 5.89. The molecule has 1 aromatic carbocycles. The van der Waals surface area contributed by atoms with Crippen LogP contribution in [0, 0.1) is 0 Å². The Morgan fingerprint density at radius 1 is 1.29 bits per heavy atom. The largest absolute Gasteiger partial charge is 0.493 e. The maximum atomic E-state index is 5.75. The first-order valence-corrected chi connectivity index (χ1v) is 6.84. The molecule has 0 spiro atoms. The fourth-order valence-electron chi connectivity index (χ4n) is 2.26. The van der Waals surface area contributed by atoms with Gasteiger partial charge in [-0.3, -0.25) is 0 Å². The summed E-state index contributed by atoms with van der Waals surface area (Å²) in [5.74, 6) is 1.05. The van der Waals surface area contributed by atoms with Crippen LogP contribution in [0.4, 0.5) is 0 Å². The second-order valence-corrected chi connectivity index (χ2v) is 5.03. The van der Waals surface area contributed by atoms with Crippen molar-refractivity contribution in [3.63, 3.8) is 0 Å². The molecule has 3 rings (SSSR count). The van der Waals surface area contributed by atoms with Gasteiger partial charge in [0.1, 0.15) is 5.75 Å². The lowest BCUT2D eigenvalue weighted by Gasteiger charge is -2.18. The van der Waals surface area contributed by atoms with Gasteiger partial charge in [-0.2, -0.15) is 11.3 Å². The summed E-state index contributed by atoms with van der Waals surface area (Å²) in [6.07, 6.45) is 2.23. The molecule has 0 atom stereocenters. The highest BCUT2D eigenvalue weighted by Gasteiger charge is 2.12. The summed E-state index contributed by atoms with van der Waals surface area (Å²) in [7, 11) is 0. The van der Waals surface area contributed by atoms with Gasteiger partial charge in [-0.15, -0.1) is 0 Å². The molecule has 2 heterocycles. The van der Waals surface area contributed by atoms with Gasteiger partial charge < -0.3 is 10.5 Å². The van der Waals surface area contributed by atoms with Gasteiger partial charge in [0.05, 0.1) is 6.61 Å². The molecule has 0 amide bonds. The van der Waals surface area contributed by atoms with Crippen molar-refractivity contribution in [1.82, 2.24) is 0 Å². The van der Waals surface area contributed by atoms with Crippen LogP contribution in [-0.4, -0.2) is 6.61 Å². The van der Waals surface area contributed by atoms with Gasteiger partial charge in [0.15, 0.2) is 0 Å². The highest BCUT2D eigenvalue weighted by atomic mass is 32.1. The van der Waals surface area contributed by atoms with Crippen molar-refractivity contribution in [2.24, 2.45) is 5.73 Å². The summed E-state index contributed by atoms with van der Waals surface area (Å²) in [6.45, 7) is 1.45. The second kappa shape index (κ2) is 4.51. The highest BCUT2D eigenvalue weighted by molar-refractivity contribution is 7.08. The summed E-state index contributed by atoms with van der Waals surface area (Å²) in [5.41, 5.74) is 10.8. The van der Waals surface area contributed by atoms with Crippen molar-refractivity contribution in [3.8, 4) is 16.9 Å². The van der Waals surface area contributed by atoms with Gasteiger partial charge in [-0.1, -0.05) is 6.07 Å². The Morgan fingerprint density at radius 2 is 2.24 bits per heavy atom. The molecule has 1 aliphatic heterocycles. The van der Waals surface area contributed by atoms with Gasteiger partial charge in [-0.25, -0.2) is 0 Å². The van der Waals surface area contributed by atoms with E-state index in [1.165, 1.54) is 22.3 Å². The highest BCUT2D eigenvalue weighted by Crippen LogP contribution is 2.33. The maximum Gasteiger partial charge on any atom is 0.122 e. The maximum absolute atomic E-state index is 5.75. The van der Waals surface area contributed by atoms with Crippen molar-refractivity contribution in [2.75, 3.05) is 6.61 Å². The Kier molecular flexibility index (Phi) is 2.87. The monoisotopic (exact) mass is 245 g/mol. The molecule has 0 bridgehead atoms. The molecular weight excluding hydrogens is 230 g/mol. The zero-order valence-corrected chi connectivity index (χ0v) is 10.4. The van der Waals surface area contributed by atoms with Crippen LogP contribution in [0.15, 0.2) is 29.0 Å². The third-order valence-corrected chi connectivity index (χ3v) is 3.97. The van der Waals surface area contributed by atoms with Crippen molar-refractivity contribution in [1.29, 1.82) is 0 Å². The van der Waals surface area contributed by atoms with Crippen molar-refractivity contribution in [3.05, 3.63) is 40.1 Å². The molecule has 0 unspecified atom stereocenters. The lowest BCUT2D eigenvalue weighted by Crippen LogP contribution is -2.08.